The molecule has 4 aromatic rings. The number of hydrogen-bond acceptors (Lipinski definition) is 6. The largest absolute Gasteiger partial charge is 0.451 e. The Morgan fingerprint density at radius 1 is 1.00 bits per heavy atom. The lowest BCUT2D eigenvalue weighted by Crippen LogP contribution is -2.34. The van der Waals surface area contributed by atoms with E-state index in [1.165, 1.54) is 17.8 Å². The SMILES string of the molecule is Cc1ccc(C(=O)NCCNC(=O)c2oc3ccccc3c2CSc2ncccn2)cc1F. The van der Waals surface area contributed by atoms with Crippen molar-refractivity contribution in [2.75, 3.05) is 13.1 Å². The van der Waals surface area contributed by atoms with Crippen molar-refractivity contribution in [3.05, 3.63) is 89.2 Å². The predicted molar refractivity (Wildman–Crippen MR) is 124 cm³/mol. The molecule has 0 fully saturated rings. The van der Waals surface area contributed by atoms with Crippen molar-refractivity contribution in [2.24, 2.45) is 0 Å². The second-order valence-electron chi connectivity index (χ2n) is 7.20. The van der Waals surface area contributed by atoms with Gasteiger partial charge >= 0.3 is 0 Å². The van der Waals surface area contributed by atoms with Gasteiger partial charge in [-0.2, -0.15) is 0 Å². The summed E-state index contributed by atoms with van der Waals surface area (Å²) in [5.74, 6) is -0.559. The van der Waals surface area contributed by atoms with Crippen molar-refractivity contribution in [1.82, 2.24) is 20.6 Å². The van der Waals surface area contributed by atoms with Gasteiger partial charge in [0.2, 0.25) is 0 Å². The molecule has 0 atom stereocenters. The summed E-state index contributed by atoms with van der Waals surface area (Å²) in [4.78, 5) is 33.4. The van der Waals surface area contributed by atoms with Gasteiger partial charge in [-0.05, 0) is 36.8 Å². The van der Waals surface area contributed by atoms with Gasteiger partial charge in [-0.15, -0.1) is 0 Å². The number of nitrogens with zero attached hydrogens (tertiary/aromatic N) is 2. The lowest BCUT2D eigenvalue weighted by Gasteiger charge is -2.08. The molecule has 0 radical (unpaired) electrons. The van der Waals surface area contributed by atoms with Gasteiger partial charge in [-0.25, -0.2) is 14.4 Å². The van der Waals surface area contributed by atoms with Crippen molar-refractivity contribution in [2.45, 2.75) is 17.8 Å². The highest BCUT2D eigenvalue weighted by molar-refractivity contribution is 7.98. The van der Waals surface area contributed by atoms with Crippen LogP contribution in [0.25, 0.3) is 11.0 Å². The van der Waals surface area contributed by atoms with Gasteiger partial charge < -0.3 is 15.1 Å². The van der Waals surface area contributed by atoms with E-state index in [0.29, 0.717) is 22.1 Å². The van der Waals surface area contributed by atoms with E-state index >= 15 is 0 Å². The number of fused-ring (bicyclic) bond motifs is 1. The fourth-order valence-corrected chi connectivity index (χ4v) is 4.02. The van der Waals surface area contributed by atoms with Crippen molar-refractivity contribution < 1.29 is 18.4 Å². The minimum absolute atomic E-state index is 0.183. The standard InChI is InChI=1S/C24H21FN4O3S/c1-15-7-8-16(13-19(15)25)22(30)26-11-12-27-23(31)21-18(14-33-24-28-9-4-10-29-24)17-5-2-3-6-20(17)32-21/h2-10,13H,11-12,14H2,1H3,(H,26,30)(H,27,31). The van der Waals surface area contributed by atoms with Crippen LogP contribution in [-0.4, -0.2) is 34.9 Å². The van der Waals surface area contributed by atoms with Crippen LogP contribution in [0.15, 0.2) is 70.5 Å². The number of carbonyl (C=O) groups excluding carboxylic acids is 2. The van der Waals surface area contributed by atoms with Crippen LogP contribution in [0.4, 0.5) is 4.39 Å². The second kappa shape index (κ2) is 10.3. The van der Waals surface area contributed by atoms with Crippen molar-refractivity contribution in [3.8, 4) is 0 Å². The number of amides is 2. The Kier molecular flexibility index (Phi) is 6.99. The molecule has 0 spiro atoms. The molecule has 0 bridgehead atoms. The number of hydrogen-bond donors (Lipinski definition) is 2. The van der Waals surface area contributed by atoms with Crippen LogP contribution in [0.5, 0.6) is 0 Å². The third-order valence-corrected chi connectivity index (χ3v) is 5.82. The molecule has 7 nitrogen and oxygen atoms in total. The van der Waals surface area contributed by atoms with Gasteiger partial charge in [0.1, 0.15) is 11.4 Å². The van der Waals surface area contributed by atoms with Crippen LogP contribution >= 0.6 is 11.8 Å². The number of benzene rings is 2. The molecule has 0 aliphatic rings. The number of aryl methyl sites for hydroxylation is 1. The monoisotopic (exact) mass is 464 g/mol. The summed E-state index contributed by atoms with van der Waals surface area (Å²) in [5.41, 5.74) is 2.06. The number of halogens is 1. The number of rotatable bonds is 8. The van der Waals surface area contributed by atoms with Gasteiger partial charge in [0.05, 0.1) is 0 Å². The summed E-state index contributed by atoms with van der Waals surface area (Å²) >= 11 is 1.41. The van der Waals surface area contributed by atoms with E-state index in [0.717, 1.165) is 10.9 Å². The van der Waals surface area contributed by atoms with Gasteiger partial charge in [0, 0.05) is 47.7 Å². The Bertz CT molecular complexity index is 1290. The first-order valence-electron chi connectivity index (χ1n) is 10.3. The quantitative estimate of drug-likeness (QED) is 0.231. The third-order valence-electron chi connectivity index (χ3n) is 4.92. The molecular formula is C24H21FN4O3S. The molecule has 0 saturated carbocycles. The number of aromatic nitrogens is 2. The van der Waals surface area contributed by atoms with E-state index in [2.05, 4.69) is 20.6 Å². The number of carbonyl (C=O) groups is 2. The summed E-state index contributed by atoms with van der Waals surface area (Å²) in [6, 6.07) is 13.5. The Morgan fingerprint density at radius 2 is 1.73 bits per heavy atom. The molecule has 168 valence electrons. The third kappa shape index (κ3) is 5.38. The Morgan fingerprint density at radius 3 is 2.48 bits per heavy atom. The fraction of sp³-hybridized carbons (Fsp3) is 0.167. The molecule has 2 aromatic heterocycles. The molecule has 2 N–H and O–H groups in total. The molecule has 0 aliphatic heterocycles. The molecular weight excluding hydrogens is 443 g/mol. The minimum Gasteiger partial charge on any atom is -0.451 e. The van der Waals surface area contributed by atoms with Crippen molar-refractivity contribution in [1.29, 1.82) is 0 Å². The first-order chi connectivity index (χ1) is 16.0. The zero-order valence-electron chi connectivity index (χ0n) is 17.8. The molecule has 0 aliphatic carbocycles. The lowest BCUT2D eigenvalue weighted by molar-refractivity contribution is 0.0911. The van der Waals surface area contributed by atoms with Crippen LogP contribution in [0.2, 0.25) is 0 Å². The smallest absolute Gasteiger partial charge is 0.287 e. The van der Waals surface area contributed by atoms with E-state index in [4.69, 9.17) is 4.42 Å². The average molecular weight is 465 g/mol. The Labute approximate surface area is 193 Å². The molecule has 9 heteroatoms. The van der Waals surface area contributed by atoms with E-state index in [9.17, 15) is 14.0 Å². The molecule has 2 heterocycles. The van der Waals surface area contributed by atoms with Crippen molar-refractivity contribution >= 4 is 34.5 Å². The highest BCUT2D eigenvalue weighted by atomic mass is 32.2. The number of furan rings is 1. The molecule has 0 saturated heterocycles. The maximum Gasteiger partial charge on any atom is 0.287 e. The summed E-state index contributed by atoms with van der Waals surface area (Å²) in [5, 5.41) is 6.88. The molecule has 0 unspecified atom stereocenters. The maximum absolute atomic E-state index is 13.7. The first kappa shape index (κ1) is 22.5. The van der Waals surface area contributed by atoms with Gasteiger partial charge in [0.25, 0.3) is 11.8 Å². The van der Waals surface area contributed by atoms with Gasteiger partial charge in [-0.1, -0.05) is 36.0 Å². The molecule has 4 rings (SSSR count). The Balaban J connectivity index is 1.39. The number of thioether (sulfide) groups is 1. The summed E-state index contributed by atoms with van der Waals surface area (Å²) in [6.07, 6.45) is 3.32. The number of para-hydroxylation sites is 1. The Hall–Kier alpha value is -3.72. The normalized spacial score (nSPS) is 10.8. The highest BCUT2D eigenvalue weighted by Crippen LogP contribution is 2.30. The van der Waals surface area contributed by atoms with Crippen molar-refractivity contribution in [3.63, 3.8) is 0 Å². The van der Waals surface area contributed by atoms with E-state index in [-0.39, 0.29) is 30.3 Å². The zero-order valence-corrected chi connectivity index (χ0v) is 18.6. The lowest BCUT2D eigenvalue weighted by atomic mass is 10.1. The van der Waals surface area contributed by atoms with Gasteiger partial charge in [-0.3, -0.25) is 9.59 Å². The zero-order chi connectivity index (χ0) is 23.2. The topological polar surface area (TPSA) is 97.1 Å². The first-order valence-corrected chi connectivity index (χ1v) is 11.2. The minimum atomic E-state index is -0.438. The molecule has 2 aromatic carbocycles. The van der Waals surface area contributed by atoms with Crippen LogP contribution in [0.3, 0.4) is 0 Å². The van der Waals surface area contributed by atoms with E-state index < -0.39 is 11.7 Å². The van der Waals surface area contributed by atoms with E-state index in [1.807, 2.05) is 18.2 Å². The predicted octanol–water partition coefficient (Wildman–Crippen LogP) is 4.12. The molecule has 33 heavy (non-hydrogen) atoms. The van der Waals surface area contributed by atoms with Crippen LogP contribution in [0.1, 0.15) is 32.0 Å². The second-order valence-corrected chi connectivity index (χ2v) is 8.14. The summed E-state index contributed by atoms with van der Waals surface area (Å²) < 4.78 is 19.5. The number of nitrogens with one attached hydrogen (secondary N) is 2. The fourth-order valence-electron chi connectivity index (χ4n) is 3.19. The highest BCUT2D eigenvalue weighted by Gasteiger charge is 2.20. The van der Waals surface area contributed by atoms with Gasteiger partial charge in [0.15, 0.2) is 10.9 Å². The average Bonchev–Trinajstić information content (AvgIpc) is 3.21. The van der Waals surface area contributed by atoms with Crippen LogP contribution in [-0.2, 0) is 5.75 Å². The summed E-state index contributed by atoms with van der Waals surface area (Å²) in [6.45, 7) is 2.00. The van der Waals surface area contributed by atoms with E-state index in [1.54, 1.807) is 43.6 Å². The van der Waals surface area contributed by atoms with Crippen LogP contribution in [0, 0.1) is 12.7 Å². The van der Waals surface area contributed by atoms with Crippen LogP contribution < -0.4 is 10.6 Å². The maximum atomic E-state index is 13.7. The summed E-state index contributed by atoms with van der Waals surface area (Å²) in [7, 11) is 0. The molecule has 2 amide bonds.